The highest BCUT2D eigenvalue weighted by atomic mass is 19.1. The number of fused-ring (bicyclic) bond motifs is 1. The largest absolute Gasteiger partial charge is 0.420 e. The predicted molar refractivity (Wildman–Crippen MR) is 118 cm³/mol. The van der Waals surface area contributed by atoms with E-state index in [0.717, 1.165) is 0 Å². The fourth-order valence-electron chi connectivity index (χ4n) is 4.08. The van der Waals surface area contributed by atoms with Crippen LogP contribution in [0.2, 0.25) is 0 Å². The lowest BCUT2D eigenvalue weighted by atomic mass is 9.83. The van der Waals surface area contributed by atoms with Crippen molar-refractivity contribution in [3.8, 4) is 29.0 Å². The van der Waals surface area contributed by atoms with E-state index in [9.17, 15) is 14.4 Å². The van der Waals surface area contributed by atoms with Crippen molar-refractivity contribution < 1.29 is 23.4 Å². The summed E-state index contributed by atoms with van der Waals surface area (Å²) in [6.45, 7) is 1.83. The number of amides is 1. The summed E-state index contributed by atoms with van der Waals surface area (Å²) < 4.78 is 29.9. The number of morpholine rings is 1. The summed E-state index contributed by atoms with van der Waals surface area (Å²) in [5.74, 6) is -0.537. The molecule has 2 aliphatic heterocycles. The number of ether oxygens (including phenoxy) is 3. The molecule has 3 N–H and O–H groups in total. The van der Waals surface area contributed by atoms with Crippen molar-refractivity contribution >= 4 is 6.09 Å². The average molecular weight is 461 g/mol. The van der Waals surface area contributed by atoms with Gasteiger partial charge in [-0.05, 0) is 42.0 Å². The molecule has 10 heteroatoms. The maximum atomic E-state index is 13.5. The third-order valence-corrected chi connectivity index (χ3v) is 5.74. The Bertz CT molecular complexity index is 1310. The van der Waals surface area contributed by atoms with Crippen LogP contribution >= 0.6 is 0 Å². The zero-order chi connectivity index (χ0) is 23.7. The number of rotatable bonds is 3. The van der Waals surface area contributed by atoms with E-state index in [1.807, 2.05) is 0 Å². The molecule has 172 valence electrons. The van der Waals surface area contributed by atoms with Gasteiger partial charge in [0, 0.05) is 18.7 Å². The molecule has 1 saturated heterocycles. The van der Waals surface area contributed by atoms with Crippen LogP contribution in [0.5, 0.6) is 11.6 Å². The van der Waals surface area contributed by atoms with E-state index < -0.39 is 12.0 Å². The van der Waals surface area contributed by atoms with Crippen LogP contribution in [0.3, 0.4) is 0 Å². The number of allylic oxidation sites excluding steroid dienone is 1. The van der Waals surface area contributed by atoms with E-state index in [-0.39, 0.29) is 23.2 Å². The Morgan fingerprint density at radius 2 is 2.00 bits per heavy atom. The predicted octanol–water partition coefficient (Wildman–Crippen LogP) is 3.26. The molecule has 0 saturated carbocycles. The van der Waals surface area contributed by atoms with Gasteiger partial charge in [-0.25, -0.2) is 9.18 Å². The van der Waals surface area contributed by atoms with Crippen molar-refractivity contribution in [3.05, 3.63) is 76.9 Å². The number of nitrogens with zero attached hydrogens (tertiary/aromatic N) is 3. The smallest absolute Gasteiger partial charge is 0.415 e. The number of nitrogens with two attached hydrogens (primary N) is 1. The number of halogens is 1. The van der Waals surface area contributed by atoms with Gasteiger partial charge in [0.15, 0.2) is 0 Å². The Morgan fingerprint density at radius 1 is 1.24 bits per heavy atom. The summed E-state index contributed by atoms with van der Waals surface area (Å²) in [5.41, 5.74) is 8.69. The van der Waals surface area contributed by atoms with Gasteiger partial charge in [-0.1, -0.05) is 12.1 Å². The van der Waals surface area contributed by atoms with Crippen LogP contribution in [-0.2, 0) is 4.74 Å². The number of carbonyl (C=O) groups is 1. The Labute approximate surface area is 194 Å². The van der Waals surface area contributed by atoms with Gasteiger partial charge in [-0.2, -0.15) is 5.26 Å². The number of hydrogen-bond acceptors (Lipinski definition) is 7. The number of aromatic amines is 1. The minimum atomic E-state index is -0.644. The summed E-state index contributed by atoms with van der Waals surface area (Å²) in [5, 5.41) is 17.0. The number of benzene rings is 2. The van der Waals surface area contributed by atoms with Crippen LogP contribution in [0, 0.1) is 17.1 Å². The molecular formula is C24H20FN5O4. The quantitative estimate of drug-likeness (QED) is 0.613. The van der Waals surface area contributed by atoms with E-state index in [2.05, 4.69) is 16.3 Å². The molecular weight excluding hydrogens is 441 g/mol. The Kier molecular flexibility index (Phi) is 5.61. The Hall–Kier alpha value is -4.36. The van der Waals surface area contributed by atoms with Crippen LogP contribution < -0.4 is 15.2 Å². The Morgan fingerprint density at radius 3 is 2.74 bits per heavy atom. The Balaban J connectivity index is 1.54. The van der Waals surface area contributed by atoms with Crippen molar-refractivity contribution in [1.82, 2.24) is 15.1 Å². The molecule has 0 radical (unpaired) electrons. The number of aromatic nitrogens is 2. The second kappa shape index (κ2) is 8.88. The molecule has 1 amide bonds. The van der Waals surface area contributed by atoms with Gasteiger partial charge in [0.05, 0.1) is 30.4 Å². The lowest BCUT2D eigenvalue weighted by Gasteiger charge is -2.26. The van der Waals surface area contributed by atoms with Crippen molar-refractivity contribution in [1.29, 1.82) is 5.26 Å². The summed E-state index contributed by atoms with van der Waals surface area (Å²) in [7, 11) is 0. The second-order valence-corrected chi connectivity index (χ2v) is 7.79. The van der Waals surface area contributed by atoms with Gasteiger partial charge in [0.2, 0.25) is 11.8 Å². The molecule has 1 atom stereocenters. The van der Waals surface area contributed by atoms with Gasteiger partial charge in [0.25, 0.3) is 0 Å². The highest BCUT2D eigenvalue weighted by Gasteiger charge is 2.36. The van der Waals surface area contributed by atoms with E-state index >= 15 is 0 Å². The lowest BCUT2D eigenvalue weighted by molar-refractivity contribution is 0.0416. The van der Waals surface area contributed by atoms with Crippen LogP contribution in [0.15, 0.2) is 60.0 Å². The molecule has 3 heterocycles. The monoisotopic (exact) mass is 461 g/mol. The summed E-state index contributed by atoms with van der Waals surface area (Å²) in [6, 6.07) is 14.9. The first-order valence-corrected chi connectivity index (χ1v) is 10.6. The SMILES string of the molecule is N#CC1=C(N)Oc2n[nH]c(-c3ccc(F)cc3)c2[C@H]1c1cccc(OC(=O)N2CCOCC2)c1. The first-order valence-electron chi connectivity index (χ1n) is 10.6. The third-order valence-electron chi connectivity index (χ3n) is 5.74. The standard InChI is InChI=1S/C24H20FN5O4/c25-16-6-4-14(5-7-16)21-20-19(18(13-26)22(27)34-23(20)29-28-21)15-2-1-3-17(12-15)33-24(31)30-8-10-32-11-9-30/h1-7,12,19H,8-11,27H2,(H,28,29)/t19-/m0/s1. The zero-order valence-corrected chi connectivity index (χ0v) is 18.0. The first-order chi connectivity index (χ1) is 16.5. The molecule has 0 spiro atoms. The van der Waals surface area contributed by atoms with Crippen molar-refractivity contribution in [3.63, 3.8) is 0 Å². The molecule has 3 aromatic rings. The molecule has 1 aromatic heterocycles. The van der Waals surface area contributed by atoms with Crippen molar-refractivity contribution in [2.45, 2.75) is 5.92 Å². The van der Waals surface area contributed by atoms with E-state index in [0.29, 0.717) is 54.4 Å². The third kappa shape index (κ3) is 3.93. The fourth-order valence-corrected chi connectivity index (χ4v) is 4.08. The summed E-state index contributed by atoms with van der Waals surface area (Å²) >= 11 is 0. The molecule has 1 fully saturated rings. The molecule has 5 rings (SSSR count). The van der Waals surface area contributed by atoms with Gasteiger partial charge in [-0.15, -0.1) is 5.10 Å². The first kappa shape index (κ1) is 21.5. The molecule has 9 nitrogen and oxygen atoms in total. The number of nitriles is 1. The summed E-state index contributed by atoms with van der Waals surface area (Å²) in [6.07, 6.45) is -0.473. The van der Waals surface area contributed by atoms with E-state index in [4.69, 9.17) is 19.9 Å². The molecule has 2 aliphatic rings. The normalized spacial score (nSPS) is 17.5. The van der Waals surface area contributed by atoms with Crippen LogP contribution in [0.4, 0.5) is 9.18 Å². The molecule has 34 heavy (non-hydrogen) atoms. The number of carbonyl (C=O) groups excluding carboxylic acids is 1. The number of H-pyrrole nitrogens is 1. The topological polar surface area (TPSA) is 126 Å². The van der Waals surface area contributed by atoms with Crippen LogP contribution in [0.1, 0.15) is 17.0 Å². The summed E-state index contributed by atoms with van der Waals surface area (Å²) in [4.78, 5) is 14.1. The maximum Gasteiger partial charge on any atom is 0.415 e. The number of hydrogen-bond donors (Lipinski definition) is 2. The molecule has 0 aliphatic carbocycles. The van der Waals surface area contributed by atoms with Crippen LogP contribution in [-0.4, -0.2) is 47.5 Å². The van der Waals surface area contributed by atoms with E-state index in [1.54, 1.807) is 41.3 Å². The average Bonchev–Trinajstić information content (AvgIpc) is 3.27. The van der Waals surface area contributed by atoms with Gasteiger partial charge >= 0.3 is 6.09 Å². The highest BCUT2D eigenvalue weighted by molar-refractivity contribution is 5.72. The van der Waals surface area contributed by atoms with E-state index in [1.165, 1.54) is 12.1 Å². The molecule has 2 aromatic carbocycles. The minimum Gasteiger partial charge on any atom is -0.420 e. The minimum absolute atomic E-state index is 0.0622. The van der Waals surface area contributed by atoms with Crippen LogP contribution in [0.25, 0.3) is 11.3 Å². The second-order valence-electron chi connectivity index (χ2n) is 7.79. The maximum absolute atomic E-state index is 13.5. The number of nitrogens with one attached hydrogen (secondary N) is 1. The van der Waals surface area contributed by atoms with Gasteiger partial charge < -0.3 is 24.8 Å². The van der Waals surface area contributed by atoms with Crippen molar-refractivity contribution in [2.24, 2.45) is 5.73 Å². The highest BCUT2D eigenvalue weighted by Crippen LogP contribution is 2.46. The fraction of sp³-hybridized carbons (Fsp3) is 0.208. The van der Waals surface area contributed by atoms with Crippen molar-refractivity contribution in [2.75, 3.05) is 26.3 Å². The molecule has 0 bridgehead atoms. The zero-order valence-electron chi connectivity index (χ0n) is 18.0. The molecule has 0 unspecified atom stereocenters. The lowest BCUT2D eigenvalue weighted by Crippen LogP contribution is -2.42. The van der Waals surface area contributed by atoms with Gasteiger partial charge in [0.1, 0.15) is 23.2 Å². The van der Waals surface area contributed by atoms with Gasteiger partial charge in [-0.3, -0.25) is 5.10 Å².